The van der Waals surface area contributed by atoms with Crippen LogP contribution >= 0.6 is 0 Å². The van der Waals surface area contributed by atoms with Crippen LogP contribution in [-0.2, 0) is 13.2 Å². The molecule has 6 heteroatoms. The Morgan fingerprint density at radius 2 is 1.85 bits per heavy atom. The van der Waals surface area contributed by atoms with Crippen molar-refractivity contribution >= 4 is 21.8 Å². The summed E-state index contributed by atoms with van der Waals surface area (Å²) >= 11 is 0. The van der Waals surface area contributed by atoms with Crippen LogP contribution in [0.3, 0.4) is 0 Å². The fraction of sp³-hybridized carbons (Fsp3) is 0.148. The van der Waals surface area contributed by atoms with Crippen LogP contribution in [-0.4, -0.2) is 26.8 Å². The van der Waals surface area contributed by atoms with E-state index >= 15 is 0 Å². The van der Waals surface area contributed by atoms with Gasteiger partial charge in [0.05, 0.1) is 36.7 Å². The fourth-order valence-corrected chi connectivity index (χ4v) is 4.75. The van der Waals surface area contributed by atoms with Crippen LogP contribution in [0.4, 0.5) is 0 Å². The molecule has 0 amide bonds. The smallest absolute Gasteiger partial charge is 0.262 e. The maximum Gasteiger partial charge on any atom is 0.262 e. The normalized spacial score (nSPS) is 12.2. The molecule has 0 spiro atoms. The van der Waals surface area contributed by atoms with Crippen LogP contribution in [0.25, 0.3) is 44.5 Å². The summed E-state index contributed by atoms with van der Waals surface area (Å²) in [6.45, 7) is 2.33. The Kier molecular flexibility index (Phi) is 4.32. The van der Waals surface area contributed by atoms with E-state index in [0.717, 1.165) is 44.4 Å². The lowest BCUT2D eigenvalue weighted by Gasteiger charge is -2.15. The number of aliphatic hydroxyl groups excluding tert-OH is 1. The summed E-state index contributed by atoms with van der Waals surface area (Å²) in [6.07, 6.45) is 0. The van der Waals surface area contributed by atoms with E-state index in [1.54, 1.807) is 11.7 Å². The molecule has 0 aliphatic carbocycles. The molecular weight excluding hydrogens is 414 g/mol. The highest BCUT2D eigenvalue weighted by Gasteiger charge is 2.28. The van der Waals surface area contributed by atoms with Crippen LogP contribution < -0.4 is 10.3 Å². The minimum atomic E-state index is -0.0961. The molecule has 3 aromatic carbocycles. The number of rotatable bonds is 3. The Balaban J connectivity index is 1.73. The van der Waals surface area contributed by atoms with Crippen molar-refractivity contribution in [1.82, 2.24) is 14.5 Å². The average molecular weight is 435 g/mol. The van der Waals surface area contributed by atoms with Crippen LogP contribution in [0.2, 0.25) is 0 Å². The third kappa shape index (κ3) is 2.95. The number of para-hydroxylation sites is 1. The van der Waals surface area contributed by atoms with Gasteiger partial charge < -0.3 is 9.84 Å². The maximum atomic E-state index is 13.3. The Labute approximate surface area is 189 Å². The van der Waals surface area contributed by atoms with Crippen molar-refractivity contribution in [3.05, 3.63) is 87.7 Å². The van der Waals surface area contributed by atoms with Gasteiger partial charge in [-0.25, -0.2) is 9.97 Å². The maximum absolute atomic E-state index is 13.3. The number of benzene rings is 3. The molecule has 33 heavy (non-hydrogen) atoms. The summed E-state index contributed by atoms with van der Waals surface area (Å²) in [5.74, 6) is 1.25. The minimum Gasteiger partial charge on any atom is -0.497 e. The second-order valence-electron chi connectivity index (χ2n) is 8.41. The third-order valence-corrected chi connectivity index (χ3v) is 6.31. The predicted octanol–water partition coefficient (Wildman–Crippen LogP) is 4.45. The van der Waals surface area contributed by atoms with Gasteiger partial charge in [0.15, 0.2) is 5.82 Å². The lowest BCUT2D eigenvalue weighted by Crippen LogP contribution is -2.20. The van der Waals surface area contributed by atoms with E-state index in [-0.39, 0.29) is 12.2 Å². The van der Waals surface area contributed by atoms with E-state index in [4.69, 9.17) is 14.7 Å². The molecule has 3 heterocycles. The van der Waals surface area contributed by atoms with E-state index < -0.39 is 0 Å². The van der Waals surface area contributed by atoms with Crippen molar-refractivity contribution in [3.8, 4) is 28.4 Å². The molecular formula is C27H21N3O3. The van der Waals surface area contributed by atoms with Gasteiger partial charge in [0.2, 0.25) is 0 Å². The first kappa shape index (κ1) is 19.6. The van der Waals surface area contributed by atoms with Crippen molar-refractivity contribution in [1.29, 1.82) is 0 Å². The highest BCUT2D eigenvalue weighted by Crippen LogP contribution is 2.41. The van der Waals surface area contributed by atoms with Crippen LogP contribution in [0.1, 0.15) is 16.7 Å². The van der Waals surface area contributed by atoms with Crippen LogP contribution in [0.15, 0.2) is 65.5 Å². The molecule has 6 rings (SSSR count). The highest BCUT2D eigenvalue weighted by molar-refractivity contribution is 6.00. The first-order valence-corrected chi connectivity index (χ1v) is 10.8. The highest BCUT2D eigenvalue weighted by atomic mass is 16.5. The Morgan fingerprint density at radius 1 is 1.00 bits per heavy atom. The number of nitrogens with zero attached hydrogens (tertiary/aromatic N) is 3. The zero-order valence-corrected chi connectivity index (χ0v) is 18.3. The van der Waals surface area contributed by atoms with E-state index in [1.807, 2.05) is 55.5 Å². The molecule has 0 unspecified atom stereocenters. The summed E-state index contributed by atoms with van der Waals surface area (Å²) in [7, 11) is 1.61. The van der Waals surface area contributed by atoms with Crippen molar-refractivity contribution in [2.24, 2.45) is 0 Å². The standard InChI is InChI=1S/C27H21N3O3/c1-15-7-8-19-23(9-15)28-25-21(24(19)17-10-16(14-31)11-18(12-17)33-2)13-30-26(25)29-22-6-4-3-5-20(22)27(30)32/h3-12,31H,13-14H2,1-2H3. The molecule has 0 saturated carbocycles. The van der Waals surface area contributed by atoms with Gasteiger partial charge in [0, 0.05) is 10.9 Å². The number of aliphatic hydroxyl groups is 1. The Hall–Kier alpha value is -4.03. The largest absolute Gasteiger partial charge is 0.497 e. The second kappa shape index (κ2) is 7.25. The molecule has 0 radical (unpaired) electrons. The molecule has 1 aliphatic heterocycles. The Bertz CT molecular complexity index is 1630. The van der Waals surface area contributed by atoms with Gasteiger partial charge in [0.25, 0.3) is 5.56 Å². The fourth-order valence-electron chi connectivity index (χ4n) is 4.75. The number of methoxy groups -OCH3 is 1. The average Bonchev–Trinajstić information content (AvgIpc) is 3.20. The monoisotopic (exact) mass is 435 g/mol. The number of hydrogen-bond acceptors (Lipinski definition) is 5. The lowest BCUT2D eigenvalue weighted by molar-refractivity contribution is 0.281. The zero-order chi connectivity index (χ0) is 22.7. The second-order valence-corrected chi connectivity index (χ2v) is 8.41. The van der Waals surface area contributed by atoms with E-state index in [1.165, 1.54) is 0 Å². The molecule has 2 aromatic heterocycles. The molecule has 0 bridgehead atoms. The van der Waals surface area contributed by atoms with Crippen LogP contribution in [0, 0.1) is 6.92 Å². The molecule has 0 fully saturated rings. The van der Waals surface area contributed by atoms with Gasteiger partial charge >= 0.3 is 0 Å². The number of pyridine rings is 1. The number of ether oxygens (including phenoxy) is 1. The lowest BCUT2D eigenvalue weighted by atomic mass is 9.93. The summed E-state index contributed by atoms with van der Waals surface area (Å²) in [6, 6.07) is 19.3. The first-order chi connectivity index (χ1) is 16.1. The van der Waals surface area contributed by atoms with Gasteiger partial charge in [-0.05, 0) is 65.6 Å². The Morgan fingerprint density at radius 3 is 2.67 bits per heavy atom. The molecule has 0 atom stereocenters. The minimum absolute atomic E-state index is 0.0681. The van der Waals surface area contributed by atoms with E-state index in [9.17, 15) is 9.90 Å². The van der Waals surface area contributed by atoms with Gasteiger partial charge in [-0.2, -0.15) is 0 Å². The molecule has 1 N–H and O–H groups in total. The van der Waals surface area contributed by atoms with E-state index in [0.29, 0.717) is 29.0 Å². The van der Waals surface area contributed by atoms with Gasteiger partial charge in [0.1, 0.15) is 11.4 Å². The van der Waals surface area contributed by atoms with Gasteiger partial charge in [-0.15, -0.1) is 0 Å². The third-order valence-electron chi connectivity index (χ3n) is 6.31. The number of aryl methyl sites for hydroxylation is 1. The van der Waals surface area contributed by atoms with Gasteiger partial charge in [-0.1, -0.05) is 24.3 Å². The zero-order valence-electron chi connectivity index (χ0n) is 18.3. The van der Waals surface area contributed by atoms with Crippen molar-refractivity contribution in [3.63, 3.8) is 0 Å². The molecule has 1 aliphatic rings. The quantitative estimate of drug-likeness (QED) is 0.444. The summed E-state index contributed by atoms with van der Waals surface area (Å²) in [4.78, 5) is 23.1. The summed E-state index contributed by atoms with van der Waals surface area (Å²) < 4.78 is 7.22. The summed E-state index contributed by atoms with van der Waals surface area (Å²) in [5, 5.41) is 11.4. The van der Waals surface area contributed by atoms with Crippen LogP contribution in [0.5, 0.6) is 5.75 Å². The van der Waals surface area contributed by atoms with Gasteiger partial charge in [-0.3, -0.25) is 9.36 Å². The summed E-state index contributed by atoms with van der Waals surface area (Å²) in [5.41, 5.74) is 6.86. The van der Waals surface area contributed by atoms with E-state index in [2.05, 4.69) is 12.1 Å². The molecule has 6 nitrogen and oxygen atoms in total. The van der Waals surface area contributed by atoms with Crippen molar-refractivity contribution in [2.45, 2.75) is 20.1 Å². The number of hydrogen-bond donors (Lipinski definition) is 1. The molecule has 0 saturated heterocycles. The van der Waals surface area contributed by atoms with Crippen molar-refractivity contribution in [2.75, 3.05) is 7.11 Å². The molecule has 162 valence electrons. The van der Waals surface area contributed by atoms with Crippen molar-refractivity contribution < 1.29 is 9.84 Å². The number of fused-ring (bicyclic) bond motifs is 5. The first-order valence-electron chi connectivity index (χ1n) is 10.8. The topological polar surface area (TPSA) is 77.2 Å². The molecule has 5 aromatic rings. The SMILES string of the molecule is COc1cc(CO)cc(-c2c3c(nc4cc(C)ccc24)-c2nc4ccccc4c(=O)n2C3)c1. The number of aromatic nitrogens is 3. The predicted molar refractivity (Wildman–Crippen MR) is 128 cm³/mol.